The van der Waals surface area contributed by atoms with E-state index in [1.54, 1.807) is 6.07 Å². The number of ether oxygens (including phenoxy) is 1. The molecular weight excluding hydrogens is 394 g/mol. The fraction of sp³-hybridized carbons (Fsp3) is 0.708. The number of hydrogen-bond acceptors (Lipinski definition) is 6. The van der Waals surface area contributed by atoms with Crippen LogP contribution in [0.1, 0.15) is 90.5 Å². The second kappa shape index (κ2) is 11.9. The molecule has 0 aromatic carbocycles. The van der Waals surface area contributed by atoms with Crippen LogP contribution in [0.3, 0.4) is 0 Å². The minimum atomic E-state index is -0.367. The Kier molecular flexibility index (Phi) is 9.57. The fourth-order valence-corrected chi connectivity index (χ4v) is 4.29. The summed E-state index contributed by atoms with van der Waals surface area (Å²) in [6, 6.07) is 4.17. The number of aromatic nitrogens is 1. The van der Waals surface area contributed by atoms with Gasteiger partial charge in [-0.25, -0.2) is 4.79 Å². The Morgan fingerprint density at radius 3 is 2.13 bits per heavy atom. The van der Waals surface area contributed by atoms with E-state index in [2.05, 4.69) is 4.98 Å². The van der Waals surface area contributed by atoms with Crippen LogP contribution in [-0.2, 0) is 4.74 Å². The van der Waals surface area contributed by atoms with Crippen molar-refractivity contribution in [3.05, 3.63) is 24.0 Å². The number of pyridine rings is 1. The maximum atomic E-state index is 12.0. The van der Waals surface area contributed by atoms with E-state index in [0.717, 1.165) is 25.7 Å². The Balaban J connectivity index is 0.000000181. The number of piperidine rings is 1. The van der Waals surface area contributed by atoms with Crippen molar-refractivity contribution >= 4 is 6.09 Å². The fourth-order valence-electron chi connectivity index (χ4n) is 4.29. The van der Waals surface area contributed by atoms with Crippen LogP contribution < -0.4 is 0 Å². The number of carbonyl (C=O) groups is 1. The number of aliphatic hydroxyl groups excluding tert-OH is 1. The topological polar surface area (TPSA) is 107 Å². The molecule has 7 heteroatoms. The molecule has 2 atom stereocenters. The van der Waals surface area contributed by atoms with Gasteiger partial charge < -0.3 is 19.8 Å². The van der Waals surface area contributed by atoms with E-state index in [0.29, 0.717) is 12.1 Å². The molecule has 0 radical (unpaired) electrons. The summed E-state index contributed by atoms with van der Waals surface area (Å²) < 4.78 is 5.44. The number of nitrogens with zero attached hydrogens (tertiary/aromatic N) is 3. The van der Waals surface area contributed by atoms with Gasteiger partial charge in [0.05, 0.1) is 17.9 Å². The molecule has 2 aliphatic heterocycles. The Bertz CT molecular complexity index is 719. The highest BCUT2D eigenvalue weighted by molar-refractivity contribution is 5.69. The summed E-state index contributed by atoms with van der Waals surface area (Å²) in [6.45, 7) is 5.78. The lowest BCUT2D eigenvalue weighted by molar-refractivity contribution is 0.00783. The molecule has 0 spiro atoms. The lowest BCUT2D eigenvalue weighted by atomic mass is 9.98. The highest BCUT2D eigenvalue weighted by atomic mass is 16.6. The number of rotatable bonds is 0. The van der Waals surface area contributed by atoms with Crippen LogP contribution in [0.4, 0.5) is 4.79 Å². The van der Waals surface area contributed by atoms with Crippen LogP contribution in [0, 0.1) is 11.3 Å². The van der Waals surface area contributed by atoms with Gasteiger partial charge in [0.1, 0.15) is 11.7 Å². The average Bonchev–Trinajstić information content (AvgIpc) is 2.98. The van der Waals surface area contributed by atoms with E-state index in [1.807, 2.05) is 25.7 Å². The van der Waals surface area contributed by atoms with E-state index in [4.69, 9.17) is 20.2 Å². The number of carbonyl (C=O) groups excluding carboxylic acids is 1. The zero-order chi connectivity index (χ0) is 22.9. The predicted molar refractivity (Wildman–Crippen MR) is 118 cm³/mol. The van der Waals surface area contributed by atoms with Crippen molar-refractivity contribution < 1.29 is 19.7 Å². The molecular formula is C24H37N3O4. The Hall–Kier alpha value is -2.33. The van der Waals surface area contributed by atoms with Gasteiger partial charge in [0.2, 0.25) is 0 Å². The van der Waals surface area contributed by atoms with Gasteiger partial charge in [-0.3, -0.25) is 4.98 Å². The van der Waals surface area contributed by atoms with Crippen molar-refractivity contribution in [1.29, 1.82) is 5.26 Å². The van der Waals surface area contributed by atoms with Gasteiger partial charge in [-0.05, 0) is 71.8 Å². The molecule has 4 rings (SSSR count). The second-order valence-electron chi connectivity index (χ2n) is 9.50. The van der Waals surface area contributed by atoms with Crippen molar-refractivity contribution in [3.8, 4) is 11.8 Å². The Morgan fingerprint density at radius 1 is 1.10 bits per heavy atom. The van der Waals surface area contributed by atoms with Gasteiger partial charge in [0.25, 0.3) is 0 Å². The molecule has 1 aliphatic carbocycles. The van der Waals surface area contributed by atoms with E-state index < -0.39 is 0 Å². The van der Waals surface area contributed by atoms with Crippen molar-refractivity contribution in [2.24, 2.45) is 0 Å². The largest absolute Gasteiger partial charge is 0.505 e. The zero-order valence-corrected chi connectivity index (χ0v) is 19.1. The second-order valence-corrected chi connectivity index (χ2v) is 9.50. The number of amides is 1. The monoisotopic (exact) mass is 431 g/mol. The van der Waals surface area contributed by atoms with Crippen LogP contribution in [0.2, 0.25) is 0 Å². The minimum absolute atomic E-state index is 0.0359. The molecule has 2 bridgehead atoms. The molecule has 172 valence electrons. The third-order valence-corrected chi connectivity index (χ3v) is 5.79. The van der Waals surface area contributed by atoms with Gasteiger partial charge in [0, 0.05) is 18.3 Å². The number of hydrogen-bond donors (Lipinski definition) is 2. The van der Waals surface area contributed by atoms with E-state index in [-0.39, 0.29) is 29.1 Å². The lowest BCUT2D eigenvalue weighted by Crippen LogP contribution is -2.46. The molecule has 31 heavy (non-hydrogen) atoms. The van der Waals surface area contributed by atoms with E-state index >= 15 is 0 Å². The molecule has 3 heterocycles. The molecule has 2 saturated heterocycles. The highest BCUT2D eigenvalue weighted by Gasteiger charge is 2.41. The number of nitriles is 1. The first-order valence-electron chi connectivity index (χ1n) is 11.4. The average molecular weight is 432 g/mol. The smallest absolute Gasteiger partial charge is 0.410 e. The first-order chi connectivity index (χ1) is 14.7. The molecule has 7 nitrogen and oxygen atoms in total. The predicted octanol–water partition coefficient (Wildman–Crippen LogP) is 4.91. The first-order valence-corrected chi connectivity index (χ1v) is 11.4. The van der Waals surface area contributed by atoms with E-state index in [1.165, 1.54) is 57.0 Å². The first kappa shape index (κ1) is 24.9. The molecule has 1 aromatic heterocycles. The third-order valence-electron chi connectivity index (χ3n) is 5.79. The normalized spacial score (nSPS) is 22.9. The summed E-state index contributed by atoms with van der Waals surface area (Å²) in [5.41, 5.74) is -0.112. The summed E-state index contributed by atoms with van der Waals surface area (Å²) >= 11 is 0. The van der Waals surface area contributed by atoms with Gasteiger partial charge in [-0.15, -0.1) is 0 Å². The Morgan fingerprint density at radius 2 is 1.71 bits per heavy atom. The van der Waals surface area contributed by atoms with Crippen molar-refractivity contribution in [3.63, 3.8) is 0 Å². The van der Waals surface area contributed by atoms with Crippen LogP contribution in [-0.4, -0.2) is 50.0 Å². The van der Waals surface area contributed by atoms with Gasteiger partial charge in [-0.2, -0.15) is 5.26 Å². The Labute approximate surface area is 186 Å². The standard InChI is InChI=1S/C12H21NO2.C6H4N2O.C6H12O/c1-12(2,3)15-11(14)13-9-5-4-6-10(13)8-7-9;7-3-5-1-2-8-4-6(5)9;7-6-4-2-1-3-5-6/h9-10H,4-8H2,1-3H3;1-2,4,9H;6-7H,1-5H2. The van der Waals surface area contributed by atoms with Crippen molar-refractivity contribution in [2.75, 3.05) is 0 Å². The van der Waals surface area contributed by atoms with Crippen LogP contribution >= 0.6 is 0 Å². The molecule has 1 saturated carbocycles. The maximum Gasteiger partial charge on any atom is 0.410 e. The molecule has 2 unspecified atom stereocenters. The number of fused-ring (bicyclic) bond motifs is 2. The van der Waals surface area contributed by atoms with E-state index in [9.17, 15) is 4.79 Å². The SMILES string of the molecule is CC(C)(C)OC(=O)N1C2CCCC1CC2.N#Cc1ccncc1O.OC1CCCCC1. The molecule has 1 amide bonds. The van der Waals surface area contributed by atoms with Crippen molar-refractivity contribution in [1.82, 2.24) is 9.88 Å². The summed E-state index contributed by atoms with van der Waals surface area (Å²) in [4.78, 5) is 17.6. The lowest BCUT2D eigenvalue weighted by Gasteiger charge is -2.35. The quantitative estimate of drug-likeness (QED) is 0.604. The van der Waals surface area contributed by atoms with Crippen LogP contribution in [0.15, 0.2) is 18.5 Å². The summed E-state index contributed by atoms with van der Waals surface area (Å²) in [5.74, 6) is -0.0694. The van der Waals surface area contributed by atoms with Gasteiger partial charge in [-0.1, -0.05) is 19.3 Å². The molecule has 3 fully saturated rings. The van der Waals surface area contributed by atoms with Crippen LogP contribution in [0.5, 0.6) is 5.75 Å². The maximum absolute atomic E-state index is 12.0. The molecule has 2 N–H and O–H groups in total. The third kappa shape index (κ3) is 8.37. The number of aliphatic hydroxyl groups is 1. The summed E-state index contributed by atoms with van der Waals surface area (Å²) in [7, 11) is 0. The highest BCUT2D eigenvalue weighted by Crippen LogP contribution is 2.36. The molecule has 1 aromatic rings. The summed E-state index contributed by atoms with van der Waals surface area (Å²) in [5, 5.41) is 26.0. The van der Waals surface area contributed by atoms with Crippen molar-refractivity contribution in [2.45, 2.75) is 109 Å². The molecule has 3 aliphatic rings. The van der Waals surface area contributed by atoms with Gasteiger partial charge in [0.15, 0.2) is 5.75 Å². The minimum Gasteiger partial charge on any atom is -0.505 e. The van der Waals surface area contributed by atoms with Gasteiger partial charge >= 0.3 is 6.09 Å². The number of aromatic hydroxyl groups is 1. The zero-order valence-electron chi connectivity index (χ0n) is 19.1. The van der Waals surface area contributed by atoms with Crippen LogP contribution in [0.25, 0.3) is 0 Å². The summed E-state index contributed by atoms with van der Waals surface area (Å²) in [6.07, 6.45) is 14.5.